The maximum absolute atomic E-state index is 8.43. The molecular formula is C11H19N. The summed E-state index contributed by atoms with van der Waals surface area (Å²) in [6, 6.07) is 2.20. The largest absolute Gasteiger partial charge is 0.198 e. The Kier molecular flexibility index (Phi) is 6.47. The van der Waals surface area contributed by atoms with Crippen molar-refractivity contribution in [2.45, 2.75) is 46.5 Å². The molecule has 0 aliphatic heterocycles. The molecule has 1 atom stereocenters. The lowest BCUT2D eigenvalue weighted by molar-refractivity contribution is 0.550. The summed E-state index contributed by atoms with van der Waals surface area (Å²) in [6.45, 7) is 6.47. The van der Waals surface area contributed by atoms with E-state index in [1.165, 1.54) is 5.57 Å². The molecule has 0 bridgehead atoms. The summed E-state index contributed by atoms with van der Waals surface area (Å²) in [6.07, 6.45) is 6.40. The average molecular weight is 165 g/mol. The highest BCUT2D eigenvalue weighted by Crippen LogP contribution is 2.11. The van der Waals surface area contributed by atoms with E-state index in [1.807, 2.05) is 0 Å². The predicted molar refractivity (Wildman–Crippen MR) is 52.7 cm³/mol. The van der Waals surface area contributed by atoms with Crippen LogP contribution in [0.25, 0.3) is 0 Å². The van der Waals surface area contributed by atoms with E-state index < -0.39 is 0 Å². The lowest BCUT2D eigenvalue weighted by Gasteiger charge is -2.03. The van der Waals surface area contributed by atoms with E-state index in [0.29, 0.717) is 12.3 Å². The Morgan fingerprint density at radius 2 is 2.25 bits per heavy atom. The molecule has 0 saturated heterocycles. The Bertz CT molecular complexity index is 174. The SMILES string of the molecule is CCC(C)=CCCC(C)CC#N. The zero-order chi connectivity index (χ0) is 9.40. The fraction of sp³-hybridized carbons (Fsp3) is 0.727. The van der Waals surface area contributed by atoms with Gasteiger partial charge in [-0.1, -0.05) is 25.5 Å². The van der Waals surface area contributed by atoms with E-state index in [9.17, 15) is 0 Å². The van der Waals surface area contributed by atoms with Crippen LogP contribution in [0.3, 0.4) is 0 Å². The van der Waals surface area contributed by atoms with Crippen LogP contribution in [0.2, 0.25) is 0 Å². The molecule has 1 heteroatoms. The minimum atomic E-state index is 0.552. The molecule has 1 nitrogen and oxygen atoms in total. The number of nitriles is 1. The summed E-state index contributed by atoms with van der Waals surface area (Å²) in [5.41, 5.74) is 1.46. The van der Waals surface area contributed by atoms with Crippen LogP contribution in [0.15, 0.2) is 11.6 Å². The summed E-state index contributed by atoms with van der Waals surface area (Å²) in [7, 11) is 0. The second-order valence-electron chi connectivity index (χ2n) is 3.45. The lowest BCUT2D eigenvalue weighted by atomic mass is 10.0. The van der Waals surface area contributed by atoms with Crippen LogP contribution in [-0.4, -0.2) is 0 Å². The summed E-state index contributed by atoms with van der Waals surface area (Å²) in [5, 5.41) is 8.43. The summed E-state index contributed by atoms with van der Waals surface area (Å²) >= 11 is 0. The van der Waals surface area contributed by atoms with E-state index in [1.54, 1.807) is 0 Å². The monoisotopic (exact) mass is 165 g/mol. The van der Waals surface area contributed by atoms with Gasteiger partial charge < -0.3 is 0 Å². The van der Waals surface area contributed by atoms with Gasteiger partial charge in [-0.2, -0.15) is 5.26 Å². The lowest BCUT2D eigenvalue weighted by Crippen LogP contribution is -1.91. The van der Waals surface area contributed by atoms with Crippen molar-refractivity contribution in [1.29, 1.82) is 5.26 Å². The molecule has 0 heterocycles. The molecule has 0 aliphatic carbocycles. The molecule has 0 spiro atoms. The van der Waals surface area contributed by atoms with Crippen LogP contribution in [0.4, 0.5) is 0 Å². The maximum Gasteiger partial charge on any atom is 0.0624 e. The first kappa shape index (κ1) is 11.2. The van der Waals surface area contributed by atoms with Crippen LogP contribution < -0.4 is 0 Å². The molecule has 0 aromatic carbocycles. The van der Waals surface area contributed by atoms with Crippen molar-refractivity contribution < 1.29 is 0 Å². The van der Waals surface area contributed by atoms with Gasteiger partial charge in [0, 0.05) is 6.42 Å². The molecule has 0 saturated carbocycles. The minimum absolute atomic E-state index is 0.552. The summed E-state index contributed by atoms with van der Waals surface area (Å²) in [5.74, 6) is 0.552. The molecule has 0 rings (SSSR count). The first-order valence-corrected chi connectivity index (χ1v) is 4.73. The third kappa shape index (κ3) is 5.97. The van der Waals surface area contributed by atoms with E-state index in [-0.39, 0.29) is 0 Å². The van der Waals surface area contributed by atoms with Gasteiger partial charge in [0.1, 0.15) is 0 Å². The first-order chi connectivity index (χ1) is 5.70. The van der Waals surface area contributed by atoms with Crippen molar-refractivity contribution >= 4 is 0 Å². The first-order valence-electron chi connectivity index (χ1n) is 4.73. The molecule has 0 aromatic heterocycles. The van der Waals surface area contributed by atoms with Crippen molar-refractivity contribution in [2.24, 2.45) is 5.92 Å². The molecular weight excluding hydrogens is 146 g/mol. The van der Waals surface area contributed by atoms with E-state index in [2.05, 4.69) is 32.9 Å². The van der Waals surface area contributed by atoms with Gasteiger partial charge in [0.15, 0.2) is 0 Å². The number of hydrogen-bond donors (Lipinski definition) is 0. The molecule has 0 aromatic rings. The molecule has 0 N–H and O–H groups in total. The molecule has 0 aliphatic rings. The molecule has 0 amide bonds. The van der Waals surface area contributed by atoms with Crippen LogP contribution in [0.1, 0.15) is 46.5 Å². The number of nitrogens with zero attached hydrogens (tertiary/aromatic N) is 1. The van der Waals surface area contributed by atoms with Crippen molar-refractivity contribution in [3.05, 3.63) is 11.6 Å². The topological polar surface area (TPSA) is 23.8 Å². The van der Waals surface area contributed by atoms with Gasteiger partial charge in [0.05, 0.1) is 6.07 Å². The third-order valence-corrected chi connectivity index (χ3v) is 2.15. The smallest absolute Gasteiger partial charge is 0.0624 e. The van der Waals surface area contributed by atoms with Crippen LogP contribution in [0.5, 0.6) is 0 Å². The zero-order valence-corrected chi connectivity index (χ0v) is 8.43. The number of hydrogen-bond acceptors (Lipinski definition) is 1. The van der Waals surface area contributed by atoms with Crippen LogP contribution in [-0.2, 0) is 0 Å². The normalized spacial score (nSPS) is 14.0. The highest BCUT2D eigenvalue weighted by molar-refractivity contribution is 4.96. The molecule has 1 unspecified atom stereocenters. The molecule has 12 heavy (non-hydrogen) atoms. The second-order valence-corrected chi connectivity index (χ2v) is 3.45. The fourth-order valence-electron chi connectivity index (χ4n) is 1.02. The number of rotatable bonds is 5. The molecule has 0 radical (unpaired) electrons. The van der Waals surface area contributed by atoms with Crippen molar-refractivity contribution in [3.8, 4) is 6.07 Å². The highest BCUT2D eigenvalue weighted by atomic mass is 14.2. The van der Waals surface area contributed by atoms with Gasteiger partial charge in [-0.3, -0.25) is 0 Å². The van der Waals surface area contributed by atoms with Gasteiger partial charge >= 0.3 is 0 Å². The van der Waals surface area contributed by atoms with Crippen molar-refractivity contribution in [2.75, 3.05) is 0 Å². The molecule has 68 valence electrons. The summed E-state index contributed by atoms with van der Waals surface area (Å²) in [4.78, 5) is 0. The fourth-order valence-corrected chi connectivity index (χ4v) is 1.02. The van der Waals surface area contributed by atoms with Gasteiger partial charge in [0.25, 0.3) is 0 Å². The maximum atomic E-state index is 8.43. The minimum Gasteiger partial charge on any atom is -0.198 e. The highest BCUT2D eigenvalue weighted by Gasteiger charge is 1.98. The summed E-state index contributed by atoms with van der Waals surface area (Å²) < 4.78 is 0. The van der Waals surface area contributed by atoms with Gasteiger partial charge in [0.2, 0.25) is 0 Å². The van der Waals surface area contributed by atoms with Crippen LogP contribution in [0, 0.1) is 17.2 Å². The average Bonchev–Trinajstić information content (AvgIpc) is 2.04. The Labute approximate surface area is 76.1 Å². The Morgan fingerprint density at radius 3 is 2.75 bits per heavy atom. The van der Waals surface area contributed by atoms with Gasteiger partial charge in [-0.15, -0.1) is 0 Å². The van der Waals surface area contributed by atoms with Crippen LogP contribution >= 0.6 is 0 Å². The zero-order valence-electron chi connectivity index (χ0n) is 8.43. The van der Waals surface area contributed by atoms with E-state index >= 15 is 0 Å². The Morgan fingerprint density at radius 1 is 1.58 bits per heavy atom. The third-order valence-electron chi connectivity index (χ3n) is 2.15. The van der Waals surface area contributed by atoms with E-state index in [4.69, 9.17) is 5.26 Å². The quantitative estimate of drug-likeness (QED) is 0.570. The van der Waals surface area contributed by atoms with Gasteiger partial charge in [-0.05, 0) is 32.1 Å². The van der Waals surface area contributed by atoms with Crippen molar-refractivity contribution in [1.82, 2.24) is 0 Å². The second kappa shape index (κ2) is 6.91. The standard InChI is InChI=1S/C11H19N/c1-4-10(2)6-5-7-11(3)8-9-12/h6,11H,4-5,7-8H2,1-3H3. The molecule has 0 fully saturated rings. The van der Waals surface area contributed by atoms with Gasteiger partial charge in [-0.25, -0.2) is 0 Å². The van der Waals surface area contributed by atoms with Crippen molar-refractivity contribution in [3.63, 3.8) is 0 Å². The van der Waals surface area contributed by atoms with E-state index in [0.717, 1.165) is 19.3 Å². The Balaban J connectivity index is 3.50. The number of allylic oxidation sites excluding steroid dienone is 2. The Hall–Kier alpha value is -0.770. The predicted octanol–water partition coefficient (Wildman–Crippen LogP) is 3.67.